The van der Waals surface area contributed by atoms with E-state index in [4.69, 9.17) is 9.47 Å². The molecular formula is C22H22FNO5. The molecule has 1 aliphatic rings. The van der Waals surface area contributed by atoms with Gasteiger partial charge in [-0.2, -0.15) is 0 Å². The first-order valence-electron chi connectivity index (χ1n) is 9.47. The van der Waals surface area contributed by atoms with Gasteiger partial charge < -0.3 is 14.8 Å². The van der Waals surface area contributed by atoms with Crippen LogP contribution in [0.15, 0.2) is 48.5 Å². The predicted molar refractivity (Wildman–Crippen MR) is 103 cm³/mol. The van der Waals surface area contributed by atoms with Crippen molar-refractivity contribution in [2.45, 2.75) is 38.3 Å². The molecule has 1 amide bonds. The second-order valence-electron chi connectivity index (χ2n) is 6.79. The second kappa shape index (κ2) is 9.32. The summed E-state index contributed by atoms with van der Waals surface area (Å²) >= 11 is 0. The van der Waals surface area contributed by atoms with Gasteiger partial charge in [-0.15, -0.1) is 0 Å². The molecule has 3 rings (SSSR count). The van der Waals surface area contributed by atoms with E-state index in [0.29, 0.717) is 23.3 Å². The summed E-state index contributed by atoms with van der Waals surface area (Å²) in [6.45, 7) is 1.37. The molecule has 2 aromatic carbocycles. The maximum atomic E-state index is 13.2. The van der Waals surface area contributed by atoms with Crippen molar-refractivity contribution in [2.24, 2.45) is 0 Å². The molecule has 0 radical (unpaired) electrons. The number of ketones is 1. The first-order valence-corrected chi connectivity index (χ1v) is 9.47. The predicted octanol–water partition coefficient (Wildman–Crippen LogP) is 3.36. The molecular weight excluding hydrogens is 377 g/mol. The molecule has 1 aliphatic carbocycles. The number of Topliss-reactive ketones (excluding diaryl/α,β-unsaturated/α-hetero) is 1. The number of hydrogen-bond donors (Lipinski definition) is 1. The number of nitrogens with one attached hydrogen (secondary N) is 1. The molecule has 0 spiro atoms. The summed E-state index contributed by atoms with van der Waals surface area (Å²) in [6, 6.07) is 11.7. The van der Waals surface area contributed by atoms with Crippen LogP contribution in [-0.4, -0.2) is 30.3 Å². The molecule has 1 saturated carbocycles. The van der Waals surface area contributed by atoms with E-state index in [1.807, 2.05) is 0 Å². The Bertz CT molecular complexity index is 875. The zero-order valence-corrected chi connectivity index (χ0v) is 16.0. The summed E-state index contributed by atoms with van der Waals surface area (Å²) in [6.07, 6.45) is 0.988. The van der Waals surface area contributed by atoms with Gasteiger partial charge in [-0.3, -0.25) is 9.59 Å². The Labute approximate surface area is 168 Å². The Morgan fingerprint density at radius 2 is 1.72 bits per heavy atom. The smallest absolute Gasteiger partial charge is 0.345 e. The minimum atomic E-state index is -1.18. The molecule has 1 fully saturated rings. The molecule has 1 unspecified atom stereocenters. The first-order chi connectivity index (χ1) is 14.0. The van der Waals surface area contributed by atoms with Gasteiger partial charge in [0, 0.05) is 23.6 Å². The number of esters is 1. The van der Waals surface area contributed by atoms with Crippen molar-refractivity contribution in [1.29, 1.82) is 0 Å². The third-order valence-electron chi connectivity index (χ3n) is 4.44. The number of carbonyl (C=O) groups excluding carboxylic acids is 3. The van der Waals surface area contributed by atoms with Crippen LogP contribution in [0.5, 0.6) is 5.75 Å². The molecule has 6 nitrogen and oxygen atoms in total. The van der Waals surface area contributed by atoms with Crippen molar-refractivity contribution in [3.05, 3.63) is 65.5 Å². The highest BCUT2D eigenvalue weighted by molar-refractivity contribution is 5.95. The van der Waals surface area contributed by atoms with Crippen LogP contribution in [0.1, 0.15) is 48.2 Å². The lowest BCUT2D eigenvalue weighted by Gasteiger charge is -2.18. The van der Waals surface area contributed by atoms with Crippen molar-refractivity contribution >= 4 is 17.7 Å². The molecule has 2 aromatic rings. The van der Waals surface area contributed by atoms with Crippen LogP contribution in [-0.2, 0) is 14.3 Å². The van der Waals surface area contributed by atoms with E-state index in [-0.39, 0.29) is 11.8 Å². The number of halogens is 1. The highest BCUT2D eigenvalue weighted by Gasteiger charge is 2.31. The van der Waals surface area contributed by atoms with E-state index in [2.05, 4.69) is 5.32 Å². The molecule has 7 heteroatoms. The Kier molecular flexibility index (Phi) is 6.59. The summed E-state index contributed by atoms with van der Waals surface area (Å²) in [5, 5.41) is 2.79. The first kappa shape index (κ1) is 20.5. The van der Waals surface area contributed by atoms with Gasteiger partial charge in [-0.05, 0) is 49.2 Å². The van der Waals surface area contributed by atoms with E-state index in [1.165, 1.54) is 24.3 Å². The van der Waals surface area contributed by atoms with E-state index in [9.17, 15) is 18.8 Å². The van der Waals surface area contributed by atoms with Crippen molar-refractivity contribution < 1.29 is 28.2 Å². The standard InChI is InChI=1S/C22H22FNO5/c1-2-19(25)14-5-11-18(12-6-14)28-13-20(26)29-21(22(27)24-17-9-10-17)15-3-7-16(23)8-4-15/h3-8,11-12,17,21H,2,9-10,13H2,1H3,(H,24,27). The number of hydrogen-bond acceptors (Lipinski definition) is 5. The van der Waals surface area contributed by atoms with Crippen LogP contribution in [0.2, 0.25) is 0 Å². The molecule has 29 heavy (non-hydrogen) atoms. The summed E-state index contributed by atoms with van der Waals surface area (Å²) in [5.41, 5.74) is 0.941. The molecule has 0 saturated heterocycles. The quantitative estimate of drug-likeness (QED) is 0.517. The monoisotopic (exact) mass is 399 g/mol. The van der Waals surface area contributed by atoms with Crippen LogP contribution in [0.3, 0.4) is 0 Å². The zero-order chi connectivity index (χ0) is 20.8. The van der Waals surface area contributed by atoms with Gasteiger partial charge in [-0.1, -0.05) is 19.1 Å². The number of rotatable bonds is 9. The summed E-state index contributed by atoms with van der Waals surface area (Å²) in [4.78, 5) is 36.3. The molecule has 0 bridgehead atoms. The normalized spacial score (nSPS) is 14.0. The number of amides is 1. The van der Waals surface area contributed by atoms with Gasteiger partial charge in [-0.25, -0.2) is 9.18 Å². The molecule has 0 heterocycles. The third-order valence-corrected chi connectivity index (χ3v) is 4.44. The summed E-state index contributed by atoms with van der Waals surface area (Å²) in [5.74, 6) is -1.22. The van der Waals surface area contributed by atoms with Crippen molar-refractivity contribution in [1.82, 2.24) is 5.32 Å². The zero-order valence-electron chi connectivity index (χ0n) is 16.0. The van der Waals surface area contributed by atoms with Crippen LogP contribution < -0.4 is 10.1 Å². The number of benzene rings is 2. The highest BCUT2D eigenvalue weighted by atomic mass is 19.1. The van der Waals surface area contributed by atoms with E-state index < -0.39 is 30.4 Å². The number of carbonyl (C=O) groups is 3. The minimum Gasteiger partial charge on any atom is -0.482 e. The highest BCUT2D eigenvalue weighted by Crippen LogP contribution is 2.24. The Morgan fingerprint density at radius 3 is 2.31 bits per heavy atom. The SMILES string of the molecule is CCC(=O)c1ccc(OCC(=O)OC(C(=O)NC2CC2)c2ccc(F)cc2)cc1. The second-order valence-corrected chi connectivity index (χ2v) is 6.79. The van der Waals surface area contributed by atoms with Crippen molar-refractivity contribution in [3.63, 3.8) is 0 Å². The van der Waals surface area contributed by atoms with E-state index in [0.717, 1.165) is 12.8 Å². The Morgan fingerprint density at radius 1 is 1.07 bits per heavy atom. The lowest BCUT2D eigenvalue weighted by molar-refractivity contribution is -0.158. The molecule has 0 aromatic heterocycles. The summed E-state index contributed by atoms with van der Waals surface area (Å²) in [7, 11) is 0. The fourth-order valence-corrected chi connectivity index (χ4v) is 2.66. The summed E-state index contributed by atoms with van der Waals surface area (Å²) < 4.78 is 23.9. The molecule has 0 aliphatic heterocycles. The lowest BCUT2D eigenvalue weighted by Crippen LogP contribution is -2.34. The van der Waals surface area contributed by atoms with Gasteiger partial charge in [0.1, 0.15) is 11.6 Å². The van der Waals surface area contributed by atoms with Crippen LogP contribution >= 0.6 is 0 Å². The maximum absolute atomic E-state index is 13.2. The van der Waals surface area contributed by atoms with Crippen molar-refractivity contribution in [3.8, 4) is 5.75 Å². The maximum Gasteiger partial charge on any atom is 0.345 e. The third kappa shape index (κ3) is 5.88. The average molecular weight is 399 g/mol. The van der Waals surface area contributed by atoms with Crippen LogP contribution in [0, 0.1) is 5.82 Å². The molecule has 1 N–H and O–H groups in total. The Hall–Kier alpha value is -3.22. The van der Waals surface area contributed by atoms with Crippen molar-refractivity contribution in [2.75, 3.05) is 6.61 Å². The fraction of sp³-hybridized carbons (Fsp3) is 0.318. The van der Waals surface area contributed by atoms with Gasteiger partial charge in [0.15, 0.2) is 12.4 Å². The molecule has 152 valence electrons. The van der Waals surface area contributed by atoms with E-state index in [1.54, 1.807) is 31.2 Å². The largest absolute Gasteiger partial charge is 0.482 e. The Balaban J connectivity index is 1.60. The van der Waals surface area contributed by atoms with Gasteiger partial charge in [0.2, 0.25) is 6.10 Å². The average Bonchev–Trinajstić information content (AvgIpc) is 3.55. The van der Waals surface area contributed by atoms with Crippen LogP contribution in [0.4, 0.5) is 4.39 Å². The molecule has 1 atom stereocenters. The van der Waals surface area contributed by atoms with Crippen LogP contribution in [0.25, 0.3) is 0 Å². The van der Waals surface area contributed by atoms with Gasteiger partial charge in [0.05, 0.1) is 0 Å². The van der Waals surface area contributed by atoms with Gasteiger partial charge >= 0.3 is 5.97 Å². The van der Waals surface area contributed by atoms with E-state index >= 15 is 0 Å². The minimum absolute atomic E-state index is 0.0137. The number of ether oxygens (including phenoxy) is 2. The topological polar surface area (TPSA) is 81.7 Å². The van der Waals surface area contributed by atoms with Gasteiger partial charge in [0.25, 0.3) is 5.91 Å². The fourth-order valence-electron chi connectivity index (χ4n) is 2.66. The lowest BCUT2D eigenvalue weighted by atomic mass is 10.1.